The molecule has 0 aromatic carbocycles. The molecule has 3 atom stereocenters. The fourth-order valence-electron chi connectivity index (χ4n) is 3.24. The van der Waals surface area contributed by atoms with Crippen LogP contribution in [0.5, 0.6) is 0 Å². The van der Waals surface area contributed by atoms with E-state index in [1.807, 2.05) is 18.7 Å². The first-order chi connectivity index (χ1) is 7.93. The van der Waals surface area contributed by atoms with Crippen LogP contribution in [0.1, 0.15) is 39.5 Å². The molecule has 2 fully saturated rings. The highest BCUT2D eigenvalue weighted by atomic mass is 16.2. The monoisotopic (exact) mass is 239 g/mol. The van der Waals surface area contributed by atoms with Crippen LogP contribution < -0.4 is 11.5 Å². The van der Waals surface area contributed by atoms with Crippen molar-refractivity contribution >= 4 is 5.91 Å². The summed E-state index contributed by atoms with van der Waals surface area (Å²) in [5, 5.41) is 0. The van der Waals surface area contributed by atoms with Gasteiger partial charge in [-0.2, -0.15) is 0 Å². The molecule has 1 spiro atoms. The number of rotatable bonds is 2. The van der Waals surface area contributed by atoms with Gasteiger partial charge in [0.25, 0.3) is 0 Å². The van der Waals surface area contributed by atoms with Gasteiger partial charge in [0.1, 0.15) is 0 Å². The molecule has 1 amide bonds. The zero-order valence-corrected chi connectivity index (χ0v) is 11.0. The number of nitrogens with zero attached hydrogens (tertiary/aromatic N) is 1. The third kappa shape index (κ3) is 2.47. The maximum atomic E-state index is 12.2. The van der Waals surface area contributed by atoms with Gasteiger partial charge in [-0.1, -0.05) is 13.8 Å². The van der Waals surface area contributed by atoms with Crippen molar-refractivity contribution < 1.29 is 4.79 Å². The Labute approximate surface area is 104 Å². The van der Waals surface area contributed by atoms with Gasteiger partial charge >= 0.3 is 0 Å². The molecule has 0 radical (unpaired) electrons. The molecule has 1 aliphatic heterocycles. The lowest BCUT2D eigenvalue weighted by atomic mass is 9.85. The lowest BCUT2D eigenvalue weighted by Crippen LogP contribution is -2.46. The van der Waals surface area contributed by atoms with Crippen molar-refractivity contribution in [3.63, 3.8) is 0 Å². The largest absolute Gasteiger partial charge is 0.341 e. The second-order valence-electron chi connectivity index (χ2n) is 6.28. The first-order valence-corrected chi connectivity index (χ1v) is 6.73. The van der Waals surface area contributed by atoms with Crippen LogP contribution >= 0.6 is 0 Å². The van der Waals surface area contributed by atoms with Gasteiger partial charge in [-0.05, 0) is 37.0 Å². The average Bonchev–Trinajstić information content (AvgIpc) is 2.84. The summed E-state index contributed by atoms with van der Waals surface area (Å²) in [5.74, 6) is 0.335. The molecular weight excluding hydrogens is 214 g/mol. The molecule has 2 rings (SSSR count). The molecule has 1 aliphatic carbocycles. The highest BCUT2D eigenvalue weighted by molar-refractivity contribution is 5.82. The summed E-state index contributed by atoms with van der Waals surface area (Å²) in [6, 6.07) is -0.0101. The fourth-order valence-corrected chi connectivity index (χ4v) is 3.24. The molecule has 0 bridgehead atoms. The summed E-state index contributed by atoms with van der Waals surface area (Å²) in [6.07, 6.45) is 4.47. The van der Waals surface area contributed by atoms with Gasteiger partial charge in [0.2, 0.25) is 5.91 Å². The molecule has 0 aromatic heterocycles. The molecule has 0 aromatic rings. The second-order valence-corrected chi connectivity index (χ2v) is 6.28. The Balaban J connectivity index is 1.96. The summed E-state index contributed by atoms with van der Waals surface area (Å²) in [4.78, 5) is 14.1. The average molecular weight is 239 g/mol. The first kappa shape index (κ1) is 12.8. The number of amides is 1. The predicted molar refractivity (Wildman–Crippen MR) is 68.3 cm³/mol. The maximum Gasteiger partial charge on any atom is 0.239 e. The van der Waals surface area contributed by atoms with Crippen molar-refractivity contribution in [2.45, 2.75) is 51.6 Å². The maximum absolute atomic E-state index is 12.2. The standard InChI is InChI=1S/C13H25N3O/c1-9(2)11(15)12(17)16-6-5-13(8-16)4-3-10(14)7-13/h9-11H,3-8,14-15H2,1-2H3/t10-,11+,13+/m1/s1. The molecule has 0 unspecified atom stereocenters. The summed E-state index contributed by atoms with van der Waals surface area (Å²) < 4.78 is 0. The molecule has 17 heavy (non-hydrogen) atoms. The summed E-state index contributed by atoms with van der Waals surface area (Å²) in [5.41, 5.74) is 12.2. The number of carbonyl (C=O) groups excluding carboxylic acids is 1. The smallest absolute Gasteiger partial charge is 0.239 e. The molecule has 2 aliphatic rings. The van der Waals surface area contributed by atoms with Crippen LogP contribution in [0.15, 0.2) is 0 Å². The number of carbonyl (C=O) groups is 1. The minimum absolute atomic E-state index is 0.123. The van der Waals surface area contributed by atoms with Gasteiger partial charge in [-0.15, -0.1) is 0 Å². The number of hydrogen-bond donors (Lipinski definition) is 2. The van der Waals surface area contributed by atoms with Crippen molar-refractivity contribution in [3.8, 4) is 0 Å². The van der Waals surface area contributed by atoms with E-state index in [4.69, 9.17) is 11.5 Å². The van der Waals surface area contributed by atoms with Gasteiger partial charge in [-0.25, -0.2) is 0 Å². The van der Waals surface area contributed by atoms with Crippen molar-refractivity contribution in [1.29, 1.82) is 0 Å². The van der Waals surface area contributed by atoms with Crippen molar-refractivity contribution in [2.75, 3.05) is 13.1 Å². The molecular formula is C13H25N3O. The van der Waals surface area contributed by atoms with E-state index in [1.54, 1.807) is 0 Å². The Morgan fingerprint density at radius 1 is 1.41 bits per heavy atom. The third-order valence-corrected chi connectivity index (χ3v) is 4.49. The van der Waals surface area contributed by atoms with E-state index in [2.05, 4.69) is 0 Å². The Hall–Kier alpha value is -0.610. The summed E-state index contributed by atoms with van der Waals surface area (Å²) in [6.45, 7) is 5.74. The highest BCUT2D eigenvalue weighted by Gasteiger charge is 2.44. The van der Waals surface area contributed by atoms with Crippen LogP contribution in [0.3, 0.4) is 0 Å². The van der Waals surface area contributed by atoms with E-state index in [-0.39, 0.29) is 17.9 Å². The van der Waals surface area contributed by atoms with Gasteiger partial charge in [0.15, 0.2) is 0 Å². The summed E-state index contributed by atoms with van der Waals surface area (Å²) in [7, 11) is 0. The minimum atomic E-state index is -0.347. The van der Waals surface area contributed by atoms with Gasteiger partial charge < -0.3 is 16.4 Å². The van der Waals surface area contributed by atoms with Crippen LogP contribution in [0.2, 0.25) is 0 Å². The minimum Gasteiger partial charge on any atom is -0.341 e. The van der Waals surface area contributed by atoms with Crippen LogP contribution in [-0.4, -0.2) is 36.0 Å². The van der Waals surface area contributed by atoms with Crippen molar-refractivity contribution in [1.82, 2.24) is 4.90 Å². The first-order valence-electron chi connectivity index (χ1n) is 6.73. The van der Waals surface area contributed by atoms with Crippen LogP contribution in [0.4, 0.5) is 0 Å². The lowest BCUT2D eigenvalue weighted by Gasteiger charge is -2.26. The third-order valence-electron chi connectivity index (χ3n) is 4.49. The Kier molecular flexibility index (Phi) is 3.46. The van der Waals surface area contributed by atoms with Crippen LogP contribution in [0, 0.1) is 11.3 Å². The van der Waals surface area contributed by atoms with Gasteiger partial charge in [0.05, 0.1) is 6.04 Å². The van der Waals surface area contributed by atoms with Crippen LogP contribution in [0.25, 0.3) is 0 Å². The second kappa shape index (κ2) is 4.58. The van der Waals surface area contributed by atoms with Crippen molar-refractivity contribution in [3.05, 3.63) is 0 Å². The van der Waals surface area contributed by atoms with E-state index < -0.39 is 0 Å². The molecule has 4 N–H and O–H groups in total. The number of nitrogens with two attached hydrogens (primary N) is 2. The van der Waals surface area contributed by atoms with Gasteiger partial charge in [0, 0.05) is 19.1 Å². The SMILES string of the molecule is CC(C)[C@H](N)C(=O)N1CC[C@]2(CC[C@@H](N)C2)C1. The van der Waals surface area contributed by atoms with Crippen molar-refractivity contribution in [2.24, 2.45) is 22.8 Å². The fraction of sp³-hybridized carbons (Fsp3) is 0.923. The normalized spacial score (nSPS) is 34.9. The Morgan fingerprint density at radius 3 is 2.65 bits per heavy atom. The van der Waals surface area contributed by atoms with E-state index >= 15 is 0 Å². The van der Waals surface area contributed by atoms with E-state index in [0.717, 1.165) is 32.4 Å². The predicted octanol–water partition coefficient (Wildman–Crippen LogP) is 0.700. The van der Waals surface area contributed by atoms with E-state index in [0.29, 0.717) is 11.5 Å². The number of hydrogen-bond acceptors (Lipinski definition) is 3. The molecule has 4 heteroatoms. The molecule has 1 saturated carbocycles. The number of likely N-dealkylation sites (tertiary alicyclic amines) is 1. The van der Waals surface area contributed by atoms with E-state index in [9.17, 15) is 4.79 Å². The molecule has 1 saturated heterocycles. The molecule has 4 nitrogen and oxygen atoms in total. The van der Waals surface area contributed by atoms with Gasteiger partial charge in [-0.3, -0.25) is 4.79 Å². The molecule has 98 valence electrons. The molecule has 1 heterocycles. The highest BCUT2D eigenvalue weighted by Crippen LogP contribution is 2.44. The lowest BCUT2D eigenvalue weighted by molar-refractivity contribution is -0.132. The van der Waals surface area contributed by atoms with Crippen LogP contribution in [-0.2, 0) is 4.79 Å². The Morgan fingerprint density at radius 2 is 2.12 bits per heavy atom. The zero-order valence-electron chi connectivity index (χ0n) is 11.0. The Bertz CT molecular complexity index is 305. The topological polar surface area (TPSA) is 72.4 Å². The quantitative estimate of drug-likeness (QED) is 0.745. The summed E-state index contributed by atoms with van der Waals surface area (Å²) >= 11 is 0. The van der Waals surface area contributed by atoms with E-state index in [1.165, 1.54) is 6.42 Å². The zero-order chi connectivity index (χ0) is 12.6.